The number of nitrogens with zero attached hydrogens (tertiary/aromatic N) is 2. The number of anilines is 1. The minimum atomic E-state index is -0.479. The van der Waals surface area contributed by atoms with Gasteiger partial charge in [-0.05, 0) is 74.5 Å². The van der Waals surface area contributed by atoms with Gasteiger partial charge in [0.15, 0.2) is 0 Å². The Morgan fingerprint density at radius 3 is 2.73 bits per heavy atom. The summed E-state index contributed by atoms with van der Waals surface area (Å²) in [6.07, 6.45) is 9.26. The Hall–Kier alpha value is -3.79. The Bertz CT molecular complexity index is 1460. The maximum absolute atomic E-state index is 11.6. The number of aliphatic hydroxyl groups is 1. The van der Waals surface area contributed by atoms with Crippen LogP contribution in [0.15, 0.2) is 54.9 Å². The highest BCUT2D eigenvalue weighted by molar-refractivity contribution is 6.11. The highest BCUT2D eigenvalue weighted by Crippen LogP contribution is 2.30. The predicted octanol–water partition coefficient (Wildman–Crippen LogP) is 4.30. The van der Waals surface area contributed by atoms with Crippen LogP contribution in [0.5, 0.6) is 5.75 Å². The number of carbonyl (C=O) groups excluding carboxylic acids is 1. The fraction of sp³-hybridized carbons (Fsp3) is 0.387. The summed E-state index contributed by atoms with van der Waals surface area (Å²) in [4.78, 5) is 20.6. The molecule has 40 heavy (non-hydrogen) atoms. The first-order chi connectivity index (χ1) is 19.6. The van der Waals surface area contributed by atoms with Crippen molar-refractivity contribution in [2.24, 2.45) is 5.73 Å². The van der Waals surface area contributed by atoms with Crippen LogP contribution in [-0.4, -0.2) is 53.4 Å². The molecule has 210 valence electrons. The summed E-state index contributed by atoms with van der Waals surface area (Å²) in [5, 5.41) is 19.4. The second-order valence-corrected chi connectivity index (χ2v) is 10.2. The van der Waals surface area contributed by atoms with Crippen LogP contribution in [-0.2, 0) is 17.9 Å². The van der Waals surface area contributed by atoms with Crippen molar-refractivity contribution < 1.29 is 19.4 Å². The third kappa shape index (κ3) is 6.85. The zero-order valence-electron chi connectivity index (χ0n) is 22.7. The van der Waals surface area contributed by atoms with Gasteiger partial charge in [-0.1, -0.05) is 12.1 Å². The van der Waals surface area contributed by atoms with Crippen LogP contribution < -0.4 is 21.1 Å². The molecule has 2 aromatic carbocycles. The van der Waals surface area contributed by atoms with Gasteiger partial charge in [-0.3, -0.25) is 9.78 Å². The number of primary amides is 1. The van der Waals surface area contributed by atoms with Crippen molar-refractivity contribution in [2.45, 2.75) is 51.4 Å². The van der Waals surface area contributed by atoms with Gasteiger partial charge in [0, 0.05) is 59.4 Å². The normalized spacial score (nSPS) is 13.4. The SMILES string of the molecule is NC(=O)c1ccc2c(c1)nc(NCCOCCCCNCc1ccc(OC3CCC3)c(CO)c1)c1ccncc12. The van der Waals surface area contributed by atoms with Gasteiger partial charge in [-0.25, -0.2) is 4.98 Å². The number of nitrogens with one attached hydrogen (secondary N) is 2. The molecule has 2 aromatic heterocycles. The molecule has 1 saturated carbocycles. The molecule has 1 fully saturated rings. The smallest absolute Gasteiger partial charge is 0.248 e. The highest BCUT2D eigenvalue weighted by Gasteiger charge is 2.20. The number of hydrogen-bond acceptors (Lipinski definition) is 8. The van der Waals surface area contributed by atoms with Gasteiger partial charge >= 0.3 is 0 Å². The molecule has 0 unspecified atom stereocenters. The number of hydrogen-bond donors (Lipinski definition) is 4. The lowest BCUT2D eigenvalue weighted by Crippen LogP contribution is -2.25. The number of aliphatic hydroxyl groups excluding tert-OH is 1. The summed E-state index contributed by atoms with van der Waals surface area (Å²) in [6, 6.07) is 13.3. The van der Waals surface area contributed by atoms with E-state index in [0.29, 0.717) is 36.9 Å². The fourth-order valence-corrected chi connectivity index (χ4v) is 4.82. The third-order valence-corrected chi connectivity index (χ3v) is 7.28. The van der Waals surface area contributed by atoms with E-state index < -0.39 is 5.91 Å². The van der Waals surface area contributed by atoms with Crippen molar-refractivity contribution in [3.05, 3.63) is 71.5 Å². The molecule has 4 aromatic rings. The van der Waals surface area contributed by atoms with Gasteiger partial charge in [0.25, 0.3) is 0 Å². The number of unbranched alkanes of at least 4 members (excludes halogenated alkanes) is 1. The number of amides is 1. The summed E-state index contributed by atoms with van der Waals surface area (Å²) in [5.41, 5.74) is 8.57. The lowest BCUT2D eigenvalue weighted by atomic mass is 9.96. The minimum absolute atomic E-state index is 0.0112. The van der Waals surface area contributed by atoms with E-state index >= 15 is 0 Å². The first-order valence-corrected chi connectivity index (χ1v) is 14.0. The molecule has 5 rings (SSSR count). The maximum Gasteiger partial charge on any atom is 0.248 e. The second kappa shape index (κ2) is 13.5. The highest BCUT2D eigenvalue weighted by atomic mass is 16.5. The fourth-order valence-electron chi connectivity index (χ4n) is 4.82. The molecule has 9 nitrogen and oxygen atoms in total. The second-order valence-electron chi connectivity index (χ2n) is 10.2. The molecule has 9 heteroatoms. The quantitative estimate of drug-likeness (QED) is 0.129. The molecule has 0 radical (unpaired) electrons. The van der Waals surface area contributed by atoms with Gasteiger partial charge in [0.1, 0.15) is 11.6 Å². The van der Waals surface area contributed by atoms with E-state index in [1.165, 1.54) is 6.42 Å². The number of fused-ring (bicyclic) bond motifs is 3. The van der Waals surface area contributed by atoms with E-state index in [4.69, 9.17) is 20.2 Å². The largest absolute Gasteiger partial charge is 0.490 e. The molecule has 0 aliphatic heterocycles. The molecular weight excluding hydrogens is 506 g/mol. The average Bonchev–Trinajstić information content (AvgIpc) is 2.95. The third-order valence-electron chi connectivity index (χ3n) is 7.28. The van der Waals surface area contributed by atoms with E-state index in [1.54, 1.807) is 18.3 Å². The molecule has 0 atom stereocenters. The molecular formula is C31H37N5O4. The molecule has 2 heterocycles. The van der Waals surface area contributed by atoms with E-state index in [-0.39, 0.29) is 6.61 Å². The average molecular weight is 544 g/mol. The monoisotopic (exact) mass is 543 g/mol. The van der Waals surface area contributed by atoms with Crippen molar-refractivity contribution in [3.63, 3.8) is 0 Å². The number of benzene rings is 2. The van der Waals surface area contributed by atoms with Gasteiger partial charge < -0.3 is 30.9 Å². The number of aromatic nitrogens is 2. The topological polar surface area (TPSA) is 132 Å². The summed E-state index contributed by atoms with van der Waals surface area (Å²) in [5.74, 6) is 1.06. The molecule has 1 aliphatic carbocycles. The predicted molar refractivity (Wildman–Crippen MR) is 156 cm³/mol. The first kappa shape index (κ1) is 27.8. The van der Waals surface area contributed by atoms with Gasteiger partial charge in [0.05, 0.1) is 24.8 Å². The van der Waals surface area contributed by atoms with Crippen LogP contribution in [0.1, 0.15) is 53.6 Å². The molecule has 1 amide bonds. The van der Waals surface area contributed by atoms with E-state index in [2.05, 4.69) is 21.7 Å². The summed E-state index contributed by atoms with van der Waals surface area (Å²) in [7, 11) is 0. The Labute approximate surface area is 234 Å². The molecule has 1 aliphatic rings. The summed E-state index contributed by atoms with van der Waals surface area (Å²) in [6.45, 7) is 3.48. The van der Waals surface area contributed by atoms with Crippen LogP contribution in [0, 0.1) is 0 Å². The van der Waals surface area contributed by atoms with Gasteiger partial charge in [0.2, 0.25) is 5.91 Å². The van der Waals surface area contributed by atoms with Crippen molar-refractivity contribution in [2.75, 3.05) is 31.6 Å². The zero-order chi connectivity index (χ0) is 27.7. The van der Waals surface area contributed by atoms with Crippen molar-refractivity contribution in [1.82, 2.24) is 15.3 Å². The molecule has 0 spiro atoms. The van der Waals surface area contributed by atoms with Crippen LogP contribution in [0.2, 0.25) is 0 Å². The zero-order valence-corrected chi connectivity index (χ0v) is 22.7. The van der Waals surface area contributed by atoms with Crippen molar-refractivity contribution in [1.29, 1.82) is 0 Å². The maximum atomic E-state index is 11.6. The lowest BCUT2D eigenvalue weighted by molar-refractivity contribution is 0.1000. The van der Waals surface area contributed by atoms with Gasteiger partial charge in [-0.2, -0.15) is 0 Å². The van der Waals surface area contributed by atoms with Gasteiger partial charge in [-0.15, -0.1) is 0 Å². The Morgan fingerprint density at radius 2 is 1.93 bits per heavy atom. The van der Waals surface area contributed by atoms with Crippen LogP contribution >= 0.6 is 0 Å². The number of pyridine rings is 2. The Morgan fingerprint density at radius 1 is 1.02 bits per heavy atom. The molecule has 0 bridgehead atoms. The number of nitrogens with two attached hydrogens (primary N) is 1. The summed E-state index contributed by atoms with van der Waals surface area (Å²) >= 11 is 0. The Kier molecular flexibility index (Phi) is 9.38. The van der Waals surface area contributed by atoms with Crippen LogP contribution in [0.3, 0.4) is 0 Å². The Balaban J connectivity index is 1.01. The van der Waals surface area contributed by atoms with Crippen LogP contribution in [0.4, 0.5) is 5.82 Å². The van der Waals surface area contributed by atoms with E-state index in [9.17, 15) is 9.90 Å². The number of ether oxygens (including phenoxy) is 2. The number of carbonyl (C=O) groups is 1. The number of rotatable bonds is 15. The van der Waals surface area contributed by atoms with E-state index in [1.807, 2.05) is 30.5 Å². The van der Waals surface area contributed by atoms with Crippen LogP contribution in [0.25, 0.3) is 21.7 Å². The summed E-state index contributed by atoms with van der Waals surface area (Å²) < 4.78 is 11.8. The lowest BCUT2D eigenvalue weighted by Gasteiger charge is -2.27. The van der Waals surface area contributed by atoms with E-state index in [0.717, 1.165) is 77.6 Å². The van der Waals surface area contributed by atoms with Crippen molar-refractivity contribution >= 4 is 33.4 Å². The van der Waals surface area contributed by atoms with Crippen molar-refractivity contribution in [3.8, 4) is 5.75 Å². The molecule has 5 N–H and O–H groups in total. The minimum Gasteiger partial charge on any atom is -0.490 e. The first-order valence-electron chi connectivity index (χ1n) is 14.0. The molecule has 0 saturated heterocycles. The standard InChI is InChI=1S/C31H37N5O4/c32-30(38)22-7-8-25-27-19-34-12-10-26(27)31(36-28(25)17-22)35-13-15-39-14-2-1-11-33-18-21-6-9-29(23(16-21)20-37)40-24-4-3-5-24/h6-10,12,16-17,19,24,33,37H,1-5,11,13-15,18,20H2,(H2,32,38)(H,35,36).